The van der Waals surface area contributed by atoms with Crippen LogP contribution in [0.15, 0.2) is 61.7 Å². The van der Waals surface area contributed by atoms with Crippen molar-refractivity contribution >= 4 is 17.9 Å². The van der Waals surface area contributed by atoms with Gasteiger partial charge in [0.1, 0.15) is 5.78 Å². The van der Waals surface area contributed by atoms with E-state index in [2.05, 4.69) is 61.7 Å². The molecule has 0 radical (unpaired) electrons. The van der Waals surface area contributed by atoms with Gasteiger partial charge in [-0.3, -0.25) is 4.79 Å². The molecule has 0 heterocycles. The van der Waals surface area contributed by atoms with Crippen LogP contribution in [-0.2, 0) is 17.6 Å². The van der Waals surface area contributed by atoms with Crippen LogP contribution in [0.2, 0.25) is 0 Å². The second-order valence-corrected chi connectivity index (χ2v) is 6.84. The predicted molar refractivity (Wildman–Crippen MR) is 113 cm³/mol. The molecule has 0 aliphatic heterocycles. The van der Waals surface area contributed by atoms with Crippen LogP contribution in [0.4, 0.5) is 0 Å². The maximum atomic E-state index is 12.0. The van der Waals surface area contributed by atoms with Gasteiger partial charge in [0, 0.05) is 12.8 Å². The first-order valence-corrected chi connectivity index (χ1v) is 9.65. The first-order valence-electron chi connectivity index (χ1n) is 9.65. The molecule has 1 nitrogen and oxygen atoms in total. The van der Waals surface area contributed by atoms with Crippen molar-refractivity contribution in [3.8, 4) is 0 Å². The van der Waals surface area contributed by atoms with E-state index in [9.17, 15) is 4.79 Å². The minimum Gasteiger partial charge on any atom is -0.300 e. The van der Waals surface area contributed by atoms with Crippen LogP contribution in [0.25, 0.3) is 12.2 Å². The highest BCUT2D eigenvalue weighted by Gasteiger charge is 2.03. The smallest absolute Gasteiger partial charge is 0.132 e. The topological polar surface area (TPSA) is 17.1 Å². The lowest BCUT2D eigenvalue weighted by molar-refractivity contribution is -0.119. The first-order chi connectivity index (χ1) is 12.7. The Bertz CT molecular complexity index is 630. The number of hydrogen-bond donors (Lipinski definition) is 0. The van der Waals surface area contributed by atoms with Crippen molar-refractivity contribution in [3.63, 3.8) is 0 Å². The second kappa shape index (κ2) is 11.3. The summed E-state index contributed by atoms with van der Waals surface area (Å²) in [6.07, 6.45) is 11.4. The molecule has 0 saturated carbocycles. The molecule has 0 aliphatic rings. The Morgan fingerprint density at radius 1 is 0.654 bits per heavy atom. The zero-order valence-corrected chi connectivity index (χ0v) is 15.8. The molecule has 0 fully saturated rings. The molecule has 2 rings (SSSR count). The maximum Gasteiger partial charge on any atom is 0.132 e. The molecule has 2 aromatic carbocycles. The van der Waals surface area contributed by atoms with E-state index >= 15 is 0 Å². The molecular formula is C25H30O. The summed E-state index contributed by atoms with van der Waals surface area (Å²) in [4.78, 5) is 12.0. The lowest BCUT2D eigenvalue weighted by Crippen LogP contribution is -1.99. The Morgan fingerprint density at radius 3 is 1.38 bits per heavy atom. The van der Waals surface area contributed by atoms with Crippen LogP contribution in [0.5, 0.6) is 0 Å². The minimum absolute atomic E-state index is 0.411. The van der Waals surface area contributed by atoms with Crippen LogP contribution < -0.4 is 0 Å². The van der Waals surface area contributed by atoms with Gasteiger partial charge < -0.3 is 0 Å². The van der Waals surface area contributed by atoms with Gasteiger partial charge in [-0.15, -0.1) is 0 Å². The summed E-state index contributed by atoms with van der Waals surface area (Å²) >= 11 is 0. The third kappa shape index (κ3) is 7.23. The van der Waals surface area contributed by atoms with Crippen molar-refractivity contribution in [2.24, 2.45) is 0 Å². The molecule has 1 heteroatoms. The van der Waals surface area contributed by atoms with Gasteiger partial charge in [-0.05, 0) is 60.8 Å². The van der Waals surface area contributed by atoms with Crippen LogP contribution >= 0.6 is 0 Å². The molecule has 0 saturated heterocycles. The molecule has 0 aliphatic carbocycles. The highest BCUT2D eigenvalue weighted by atomic mass is 16.1. The third-order valence-corrected chi connectivity index (χ3v) is 4.77. The van der Waals surface area contributed by atoms with Crippen molar-refractivity contribution < 1.29 is 4.79 Å². The predicted octanol–water partition coefficient (Wildman–Crippen LogP) is 6.67. The molecule has 0 N–H and O–H groups in total. The van der Waals surface area contributed by atoms with Gasteiger partial charge in [0.05, 0.1) is 0 Å². The number of carbonyl (C=O) groups excluding carboxylic acids is 1. The number of Topliss-reactive ketones (excluding diaryl/α,β-unsaturated/α-hetero) is 1. The Labute approximate surface area is 158 Å². The number of benzene rings is 2. The quantitative estimate of drug-likeness (QED) is 0.392. The fourth-order valence-corrected chi connectivity index (χ4v) is 3.07. The zero-order valence-electron chi connectivity index (χ0n) is 15.8. The molecule has 2 aromatic rings. The van der Waals surface area contributed by atoms with Gasteiger partial charge in [0.25, 0.3) is 0 Å². The molecule has 136 valence electrons. The summed E-state index contributed by atoms with van der Waals surface area (Å²) in [6, 6.07) is 17.0. The molecular weight excluding hydrogens is 316 g/mol. The summed E-state index contributed by atoms with van der Waals surface area (Å²) in [7, 11) is 0. The standard InChI is InChI=1S/C25H30O/c1-3-21-13-17-23(18-14-21)9-5-7-11-25(26)12-8-6-10-24-19-15-22(4-2)16-20-24/h3-4,13-20H,1-2,5-12H2. The molecule has 0 spiro atoms. The van der Waals surface area contributed by atoms with Crippen LogP contribution in [-0.4, -0.2) is 5.78 Å². The number of hydrogen-bond acceptors (Lipinski definition) is 1. The van der Waals surface area contributed by atoms with Gasteiger partial charge in [0.2, 0.25) is 0 Å². The minimum atomic E-state index is 0.411. The lowest BCUT2D eigenvalue weighted by atomic mass is 10.0. The van der Waals surface area contributed by atoms with Crippen molar-refractivity contribution in [2.75, 3.05) is 0 Å². The van der Waals surface area contributed by atoms with Crippen LogP contribution in [0.1, 0.15) is 60.8 Å². The van der Waals surface area contributed by atoms with Gasteiger partial charge in [0.15, 0.2) is 0 Å². The highest BCUT2D eigenvalue weighted by Crippen LogP contribution is 2.13. The van der Waals surface area contributed by atoms with E-state index < -0.39 is 0 Å². The summed E-state index contributed by atoms with van der Waals surface area (Å²) in [5.41, 5.74) is 4.98. The molecule has 0 unspecified atom stereocenters. The average Bonchev–Trinajstić information content (AvgIpc) is 2.69. The molecule has 0 amide bonds. The summed E-state index contributed by atoms with van der Waals surface area (Å²) < 4.78 is 0. The highest BCUT2D eigenvalue weighted by molar-refractivity contribution is 5.78. The summed E-state index contributed by atoms with van der Waals surface area (Å²) in [6.45, 7) is 7.54. The van der Waals surface area contributed by atoms with Gasteiger partial charge in [-0.1, -0.05) is 73.8 Å². The van der Waals surface area contributed by atoms with E-state index in [1.807, 2.05) is 12.2 Å². The van der Waals surface area contributed by atoms with Gasteiger partial charge in [-0.2, -0.15) is 0 Å². The Hall–Kier alpha value is -2.41. The zero-order chi connectivity index (χ0) is 18.6. The van der Waals surface area contributed by atoms with Crippen molar-refractivity contribution in [2.45, 2.75) is 51.4 Å². The number of carbonyl (C=O) groups is 1. The van der Waals surface area contributed by atoms with E-state index in [0.717, 1.165) is 62.5 Å². The molecule has 0 aromatic heterocycles. The number of rotatable bonds is 12. The summed E-state index contributed by atoms with van der Waals surface area (Å²) in [5.74, 6) is 0.411. The molecule has 0 atom stereocenters. The fraction of sp³-hybridized carbons (Fsp3) is 0.320. The maximum absolute atomic E-state index is 12.0. The number of unbranched alkanes of at least 4 members (excludes halogenated alkanes) is 2. The monoisotopic (exact) mass is 346 g/mol. The number of ketones is 1. The molecule has 0 bridgehead atoms. The lowest BCUT2D eigenvalue weighted by Gasteiger charge is -2.04. The first kappa shape index (κ1) is 19.9. The van der Waals surface area contributed by atoms with E-state index in [0.29, 0.717) is 5.78 Å². The van der Waals surface area contributed by atoms with E-state index in [4.69, 9.17) is 0 Å². The summed E-state index contributed by atoms with van der Waals surface area (Å²) in [5, 5.41) is 0. The van der Waals surface area contributed by atoms with Crippen LogP contribution in [0.3, 0.4) is 0 Å². The average molecular weight is 347 g/mol. The van der Waals surface area contributed by atoms with Crippen molar-refractivity contribution in [1.82, 2.24) is 0 Å². The second-order valence-electron chi connectivity index (χ2n) is 6.84. The Morgan fingerprint density at radius 2 is 1.04 bits per heavy atom. The fourth-order valence-electron chi connectivity index (χ4n) is 3.07. The SMILES string of the molecule is C=Cc1ccc(CCCCC(=O)CCCCc2ccc(C=C)cc2)cc1. The van der Waals surface area contributed by atoms with Crippen molar-refractivity contribution in [1.29, 1.82) is 0 Å². The number of aryl methyl sites for hydroxylation is 2. The van der Waals surface area contributed by atoms with Gasteiger partial charge in [-0.25, -0.2) is 0 Å². The van der Waals surface area contributed by atoms with E-state index in [1.54, 1.807) is 0 Å². The Kier molecular flexibility index (Phi) is 8.62. The largest absolute Gasteiger partial charge is 0.300 e. The third-order valence-electron chi connectivity index (χ3n) is 4.77. The van der Waals surface area contributed by atoms with Crippen molar-refractivity contribution in [3.05, 3.63) is 83.9 Å². The van der Waals surface area contributed by atoms with E-state index in [-0.39, 0.29) is 0 Å². The van der Waals surface area contributed by atoms with Crippen LogP contribution in [0, 0.1) is 0 Å². The van der Waals surface area contributed by atoms with Gasteiger partial charge >= 0.3 is 0 Å². The van der Waals surface area contributed by atoms with E-state index in [1.165, 1.54) is 11.1 Å². The normalized spacial score (nSPS) is 10.5. The molecule has 26 heavy (non-hydrogen) atoms. The Balaban J connectivity index is 1.54.